The molecule has 0 amide bonds. The summed E-state index contributed by atoms with van der Waals surface area (Å²) in [7, 11) is 2.58. The van der Waals surface area contributed by atoms with Gasteiger partial charge in [0, 0.05) is 22.9 Å². The third-order valence-electron chi connectivity index (χ3n) is 4.68. The Labute approximate surface area is 239 Å². The standard InChI is InChI=1S/C24H27BrN2O6.CHCl3/c1-12(2)10-32-18-8-16(23(28)30-5)26-21-14(18)7-15-19(33-11-13(3)4)9-17(24(29)31-6)27-22(15)20(21)25;2-1(3)4/h7-9,12-13H,10-11H2,1-6H3;1H. The van der Waals surface area contributed by atoms with E-state index in [0.717, 1.165) is 0 Å². The number of aromatic nitrogens is 2. The first-order chi connectivity index (χ1) is 17.4. The van der Waals surface area contributed by atoms with Crippen LogP contribution in [0.1, 0.15) is 48.7 Å². The Balaban J connectivity index is 0.00000112. The van der Waals surface area contributed by atoms with Gasteiger partial charge in [0.25, 0.3) is 0 Å². The van der Waals surface area contributed by atoms with Gasteiger partial charge in [0.2, 0.25) is 0 Å². The number of ether oxygens (including phenoxy) is 4. The van der Waals surface area contributed by atoms with Crippen LogP contribution in [0, 0.1) is 11.8 Å². The number of esters is 2. The molecule has 3 rings (SSSR count). The Hall–Kier alpha value is -2.07. The van der Waals surface area contributed by atoms with Crippen LogP contribution in [-0.4, -0.2) is 53.6 Å². The highest BCUT2D eigenvalue weighted by molar-refractivity contribution is 9.10. The molecule has 202 valence electrons. The minimum absolute atomic E-state index is 0.101. The highest BCUT2D eigenvalue weighted by Crippen LogP contribution is 2.39. The second-order valence-electron chi connectivity index (χ2n) is 8.63. The van der Waals surface area contributed by atoms with E-state index in [1.54, 1.807) is 12.1 Å². The fraction of sp³-hybridized carbons (Fsp3) is 0.440. The molecule has 0 radical (unpaired) electrons. The molecule has 2 heterocycles. The molecule has 0 aliphatic carbocycles. The molecule has 3 aromatic rings. The molecule has 8 nitrogen and oxygen atoms in total. The second-order valence-corrected chi connectivity index (χ2v) is 11.4. The molecular formula is C25H28BrCl3N2O6. The first kappa shape index (κ1) is 31.1. The highest BCUT2D eigenvalue weighted by atomic mass is 79.9. The van der Waals surface area contributed by atoms with Crippen molar-refractivity contribution >= 4 is 84.5 Å². The van der Waals surface area contributed by atoms with Crippen LogP contribution >= 0.6 is 50.7 Å². The summed E-state index contributed by atoms with van der Waals surface area (Å²) < 4.78 is 21.5. The number of rotatable bonds is 8. The van der Waals surface area contributed by atoms with Crippen molar-refractivity contribution in [1.82, 2.24) is 9.97 Å². The fourth-order valence-electron chi connectivity index (χ4n) is 3.10. The average Bonchev–Trinajstić information content (AvgIpc) is 2.84. The van der Waals surface area contributed by atoms with Crippen LogP contribution in [0.5, 0.6) is 11.5 Å². The summed E-state index contributed by atoms with van der Waals surface area (Å²) in [5.41, 5.74) is 1.11. The number of benzene rings is 1. The Bertz CT molecular complexity index is 1180. The molecule has 0 aliphatic rings. The van der Waals surface area contributed by atoms with Gasteiger partial charge in [0.05, 0.1) is 42.9 Å². The van der Waals surface area contributed by atoms with Crippen LogP contribution in [0.25, 0.3) is 21.8 Å². The third kappa shape index (κ3) is 8.46. The number of carbonyl (C=O) groups excluding carboxylic acids is 2. The molecule has 0 bridgehead atoms. The van der Waals surface area contributed by atoms with Crippen molar-refractivity contribution in [3.05, 3.63) is 34.1 Å². The van der Waals surface area contributed by atoms with Crippen LogP contribution < -0.4 is 9.47 Å². The quantitative estimate of drug-likeness (QED) is 0.146. The number of fused-ring (bicyclic) bond motifs is 2. The Kier molecular flexibility index (Phi) is 11.9. The zero-order valence-electron chi connectivity index (χ0n) is 21.2. The first-order valence-electron chi connectivity index (χ1n) is 11.2. The van der Waals surface area contributed by atoms with E-state index in [1.165, 1.54) is 14.2 Å². The van der Waals surface area contributed by atoms with E-state index in [1.807, 2.05) is 33.8 Å². The molecule has 1 aromatic carbocycles. The molecule has 0 spiro atoms. The molecule has 0 fully saturated rings. The second kappa shape index (κ2) is 14.2. The fourth-order valence-corrected chi connectivity index (χ4v) is 3.71. The highest BCUT2D eigenvalue weighted by Gasteiger charge is 2.22. The van der Waals surface area contributed by atoms with E-state index in [-0.39, 0.29) is 23.2 Å². The zero-order valence-corrected chi connectivity index (χ0v) is 25.1. The number of hydrogen-bond acceptors (Lipinski definition) is 8. The lowest BCUT2D eigenvalue weighted by Gasteiger charge is -2.17. The van der Waals surface area contributed by atoms with Gasteiger partial charge in [-0.1, -0.05) is 62.5 Å². The van der Waals surface area contributed by atoms with Crippen molar-refractivity contribution in [2.24, 2.45) is 11.8 Å². The van der Waals surface area contributed by atoms with Crippen LogP contribution in [-0.2, 0) is 9.47 Å². The predicted molar refractivity (Wildman–Crippen MR) is 149 cm³/mol. The lowest BCUT2D eigenvalue weighted by Crippen LogP contribution is -2.10. The predicted octanol–water partition coefficient (Wildman–Crippen LogP) is 7.17. The van der Waals surface area contributed by atoms with E-state index in [0.29, 0.717) is 51.0 Å². The third-order valence-corrected chi connectivity index (χ3v) is 5.43. The smallest absolute Gasteiger partial charge is 0.356 e. The molecular weight excluding hydrogens is 611 g/mol. The van der Waals surface area contributed by atoms with Gasteiger partial charge in [0.1, 0.15) is 11.5 Å². The van der Waals surface area contributed by atoms with Gasteiger partial charge in [0.15, 0.2) is 15.7 Å². The SMILES string of the molecule is COC(=O)c1cc(OCC(C)C)c2cc3c(OCC(C)C)cc(C(=O)OC)nc3c(Br)c2n1.ClC(Cl)Cl. The molecule has 0 aliphatic heterocycles. The van der Waals surface area contributed by atoms with E-state index < -0.39 is 16.2 Å². The van der Waals surface area contributed by atoms with Crippen molar-refractivity contribution < 1.29 is 28.5 Å². The van der Waals surface area contributed by atoms with Gasteiger partial charge in [-0.15, -0.1) is 0 Å². The molecule has 0 atom stereocenters. The van der Waals surface area contributed by atoms with Crippen molar-refractivity contribution in [2.45, 2.75) is 32.0 Å². The number of pyridine rings is 2. The molecule has 12 heteroatoms. The minimum Gasteiger partial charge on any atom is -0.493 e. The van der Waals surface area contributed by atoms with Crippen LogP contribution in [0.4, 0.5) is 0 Å². The summed E-state index contributed by atoms with van der Waals surface area (Å²) in [6.45, 7) is 9.04. The lowest BCUT2D eigenvalue weighted by atomic mass is 10.1. The largest absolute Gasteiger partial charge is 0.493 e. The number of hydrogen-bond donors (Lipinski definition) is 0. The van der Waals surface area contributed by atoms with Crippen LogP contribution in [0.2, 0.25) is 0 Å². The Morgan fingerprint density at radius 1 is 0.784 bits per heavy atom. The van der Waals surface area contributed by atoms with Crippen molar-refractivity contribution in [2.75, 3.05) is 27.4 Å². The number of nitrogens with zero attached hydrogens (tertiary/aromatic N) is 2. The van der Waals surface area contributed by atoms with E-state index >= 15 is 0 Å². The van der Waals surface area contributed by atoms with Crippen molar-refractivity contribution in [1.29, 1.82) is 0 Å². The summed E-state index contributed by atoms with van der Waals surface area (Å²) in [5, 5.41) is 1.34. The van der Waals surface area contributed by atoms with Gasteiger partial charge < -0.3 is 18.9 Å². The van der Waals surface area contributed by atoms with E-state index in [9.17, 15) is 9.59 Å². The number of methoxy groups -OCH3 is 2. The number of halogens is 4. The maximum absolute atomic E-state index is 12.3. The van der Waals surface area contributed by atoms with Crippen LogP contribution in [0.15, 0.2) is 22.7 Å². The summed E-state index contributed by atoms with van der Waals surface area (Å²) >= 11 is 18.0. The minimum atomic E-state index is -0.750. The number of alkyl halides is 3. The summed E-state index contributed by atoms with van der Waals surface area (Å²) in [6.07, 6.45) is 0. The average molecular weight is 639 g/mol. The normalized spacial score (nSPS) is 11.1. The topological polar surface area (TPSA) is 96.8 Å². The number of carbonyl (C=O) groups is 2. The molecule has 0 N–H and O–H groups in total. The first-order valence-corrected chi connectivity index (χ1v) is 13.3. The lowest BCUT2D eigenvalue weighted by molar-refractivity contribution is 0.0585. The summed E-state index contributed by atoms with van der Waals surface area (Å²) in [4.78, 5) is 33.5. The molecule has 0 unspecified atom stereocenters. The monoisotopic (exact) mass is 636 g/mol. The molecule has 0 saturated carbocycles. The molecule has 2 aromatic heterocycles. The molecule has 0 saturated heterocycles. The van der Waals surface area contributed by atoms with Gasteiger partial charge >= 0.3 is 11.9 Å². The van der Waals surface area contributed by atoms with Crippen LogP contribution in [0.3, 0.4) is 0 Å². The Morgan fingerprint density at radius 3 is 1.43 bits per heavy atom. The van der Waals surface area contributed by atoms with Gasteiger partial charge in [-0.25, -0.2) is 19.6 Å². The van der Waals surface area contributed by atoms with Crippen molar-refractivity contribution in [3.63, 3.8) is 0 Å². The van der Waals surface area contributed by atoms with Gasteiger partial charge in [-0.3, -0.25) is 0 Å². The maximum Gasteiger partial charge on any atom is 0.356 e. The molecule has 37 heavy (non-hydrogen) atoms. The van der Waals surface area contributed by atoms with E-state index in [4.69, 9.17) is 53.8 Å². The Morgan fingerprint density at radius 2 is 1.14 bits per heavy atom. The zero-order chi connectivity index (χ0) is 27.9. The summed E-state index contributed by atoms with van der Waals surface area (Å²) in [5.74, 6) is 0.346. The van der Waals surface area contributed by atoms with E-state index in [2.05, 4.69) is 25.9 Å². The van der Waals surface area contributed by atoms with Crippen molar-refractivity contribution in [3.8, 4) is 11.5 Å². The summed E-state index contributed by atoms with van der Waals surface area (Å²) in [6, 6.07) is 4.99. The van der Waals surface area contributed by atoms with Gasteiger partial charge in [-0.05, 0) is 33.8 Å². The van der Waals surface area contributed by atoms with Gasteiger partial charge in [-0.2, -0.15) is 0 Å². The maximum atomic E-state index is 12.3.